The molecule has 0 saturated carbocycles. The molecule has 1 aromatic carbocycles. The predicted octanol–water partition coefficient (Wildman–Crippen LogP) is 5.19. The maximum absolute atomic E-state index is 12.4. The van der Waals surface area contributed by atoms with Crippen molar-refractivity contribution >= 4 is 32.8 Å². The number of fused-ring (bicyclic) bond motifs is 1. The van der Waals surface area contributed by atoms with Gasteiger partial charge in [0, 0.05) is 27.1 Å². The van der Waals surface area contributed by atoms with Gasteiger partial charge in [-0.3, -0.25) is 4.57 Å². The molecule has 0 atom stereocenters. The highest BCUT2D eigenvalue weighted by molar-refractivity contribution is 9.10. The molecule has 0 amide bonds. The minimum absolute atomic E-state index is 0.167. The second-order valence-electron chi connectivity index (χ2n) is 4.66. The molecule has 3 nitrogen and oxygen atoms in total. The highest BCUT2D eigenvalue weighted by atomic mass is 79.9. The largest absolute Gasteiger partial charge is 0.434 e. The topological polar surface area (TPSA) is 31.2 Å². The fourth-order valence-corrected chi connectivity index (χ4v) is 2.38. The summed E-state index contributed by atoms with van der Waals surface area (Å²) in [6.07, 6.45) is -16.3. The van der Waals surface area contributed by atoms with Gasteiger partial charge in [0.2, 0.25) is 0 Å². The van der Waals surface area contributed by atoms with Gasteiger partial charge in [-0.2, -0.15) is 26.3 Å². The van der Waals surface area contributed by atoms with Crippen LogP contribution in [0.4, 0.5) is 31.1 Å². The fourth-order valence-electron chi connectivity index (χ4n) is 2.00. The predicted molar refractivity (Wildman–Crippen MR) is 72.2 cm³/mol. The first-order valence-corrected chi connectivity index (χ1v) is 6.82. The van der Waals surface area contributed by atoms with Gasteiger partial charge >= 0.3 is 18.4 Å². The van der Waals surface area contributed by atoms with Crippen LogP contribution in [0.3, 0.4) is 0 Å². The van der Waals surface area contributed by atoms with Crippen LogP contribution in [0, 0.1) is 6.92 Å². The van der Waals surface area contributed by atoms with Crippen molar-refractivity contribution in [2.45, 2.75) is 25.4 Å². The zero-order chi connectivity index (χ0) is 17.6. The van der Waals surface area contributed by atoms with Gasteiger partial charge in [0.15, 0.2) is 0 Å². The first kappa shape index (κ1) is 17.6. The number of aromatic nitrogens is 1. The van der Waals surface area contributed by atoms with E-state index in [0.717, 1.165) is 6.20 Å². The average Bonchev–Trinajstić information content (AvgIpc) is 2.69. The quantitative estimate of drug-likeness (QED) is 0.613. The standard InChI is InChI=1S/C13H8BrF6NO2/c1-6-9-3-2-8(14)4-7(9)5-21(6)11(22)23-10(12(15,16)17)13(18,19)20/h2-5,10H,1H3. The summed E-state index contributed by atoms with van der Waals surface area (Å²) in [4.78, 5) is 11.8. The summed E-state index contributed by atoms with van der Waals surface area (Å²) in [5.74, 6) is 0. The van der Waals surface area contributed by atoms with Crippen LogP contribution in [0.25, 0.3) is 10.8 Å². The Morgan fingerprint density at radius 1 is 1.17 bits per heavy atom. The lowest BCUT2D eigenvalue weighted by molar-refractivity contribution is -0.306. The van der Waals surface area contributed by atoms with Crippen molar-refractivity contribution in [2.24, 2.45) is 0 Å². The summed E-state index contributed by atoms with van der Waals surface area (Å²) >= 11 is 3.17. The first-order chi connectivity index (χ1) is 10.4. The minimum atomic E-state index is -5.75. The van der Waals surface area contributed by atoms with Crippen molar-refractivity contribution in [1.29, 1.82) is 0 Å². The summed E-state index contributed by atoms with van der Waals surface area (Å²) in [5, 5.41) is 0.963. The second-order valence-corrected chi connectivity index (χ2v) is 5.58. The number of benzene rings is 1. The van der Waals surface area contributed by atoms with Crippen molar-refractivity contribution in [3.8, 4) is 0 Å². The third-order valence-corrected chi connectivity index (χ3v) is 3.54. The molecule has 0 spiro atoms. The van der Waals surface area contributed by atoms with Crippen LogP contribution >= 0.6 is 15.9 Å². The van der Waals surface area contributed by atoms with Crippen LogP contribution in [-0.4, -0.2) is 29.1 Å². The molecule has 10 heteroatoms. The highest BCUT2D eigenvalue weighted by Gasteiger charge is 2.60. The number of ether oxygens (including phenoxy) is 1. The summed E-state index contributed by atoms with van der Waals surface area (Å²) in [7, 11) is 0. The number of carbonyl (C=O) groups excluding carboxylic acids is 1. The molecule has 2 aromatic rings. The van der Waals surface area contributed by atoms with Crippen LogP contribution in [0.2, 0.25) is 0 Å². The Morgan fingerprint density at radius 3 is 2.26 bits per heavy atom. The Morgan fingerprint density at radius 2 is 1.74 bits per heavy atom. The molecule has 2 rings (SSSR count). The highest BCUT2D eigenvalue weighted by Crippen LogP contribution is 2.36. The Kier molecular flexibility index (Phi) is 4.40. The molecule has 1 heterocycles. The SMILES string of the molecule is Cc1c2ccc(Br)cc2cn1C(=O)OC(C(F)(F)F)C(F)(F)F. The lowest BCUT2D eigenvalue weighted by Crippen LogP contribution is -2.46. The molecule has 0 aliphatic rings. The number of hydrogen-bond donors (Lipinski definition) is 0. The van der Waals surface area contributed by atoms with E-state index >= 15 is 0 Å². The third kappa shape index (κ3) is 3.62. The van der Waals surface area contributed by atoms with E-state index in [0.29, 0.717) is 19.8 Å². The van der Waals surface area contributed by atoms with Crippen molar-refractivity contribution in [3.05, 3.63) is 34.6 Å². The first-order valence-electron chi connectivity index (χ1n) is 6.03. The molecule has 0 aliphatic carbocycles. The zero-order valence-electron chi connectivity index (χ0n) is 11.3. The molecular weight excluding hydrogens is 396 g/mol. The van der Waals surface area contributed by atoms with E-state index < -0.39 is 24.5 Å². The molecule has 23 heavy (non-hydrogen) atoms. The van der Waals surface area contributed by atoms with E-state index in [4.69, 9.17) is 0 Å². The molecule has 0 bridgehead atoms. The van der Waals surface area contributed by atoms with Crippen molar-refractivity contribution in [1.82, 2.24) is 4.57 Å². The van der Waals surface area contributed by atoms with E-state index in [1.807, 2.05) is 0 Å². The van der Waals surface area contributed by atoms with Crippen LogP contribution in [0.15, 0.2) is 28.9 Å². The Hall–Kier alpha value is -1.71. The van der Waals surface area contributed by atoms with Gasteiger partial charge < -0.3 is 4.74 Å². The van der Waals surface area contributed by atoms with Crippen molar-refractivity contribution in [2.75, 3.05) is 0 Å². The van der Waals surface area contributed by atoms with Gasteiger partial charge in [0.1, 0.15) is 0 Å². The summed E-state index contributed by atoms with van der Waals surface area (Å²) in [6, 6.07) is 4.76. The minimum Gasteiger partial charge on any atom is -0.426 e. The van der Waals surface area contributed by atoms with Crippen LogP contribution in [0.1, 0.15) is 5.69 Å². The monoisotopic (exact) mass is 403 g/mol. The van der Waals surface area contributed by atoms with E-state index in [1.165, 1.54) is 6.92 Å². The summed E-state index contributed by atoms with van der Waals surface area (Å²) in [6.45, 7) is 1.38. The zero-order valence-corrected chi connectivity index (χ0v) is 12.9. The van der Waals surface area contributed by atoms with Crippen LogP contribution in [0.5, 0.6) is 0 Å². The molecule has 0 fully saturated rings. The maximum Gasteiger partial charge on any atom is 0.434 e. The van der Waals surface area contributed by atoms with E-state index in [9.17, 15) is 31.1 Å². The third-order valence-electron chi connectivity index (χ3n) is 3.04. The van der Waals surface area contributed by atoms with E-state index in [2.05, 4.69) is 20.7 Å². The number of hydrogen-bond acceptors (Lipinski definition) is 2. The van der Waals surface area contributed by atoms with Gasteiger partial charge in [-0.25, -0.2) is 4.79 Å². The number of carbonyl (C=O) groups is 1. The summed E-state index contributed by atoms with van der Waals surface area (Å²) in [5.41, 5.74) is 0.167. The Bertz CT molecular complexity index is 735. The lowest BCUT2D eigenvalue weighted by atomic mass is 10.2. The van der Waals surface area contributed by atoms with E-state index in [1.54, 1.807) is 18.2 Å². The molecular formula is C13H8BrF6NO2. The molecule has 0 unspecified atom stereocenters. The fraction of sp³-hybridized carbons (Fsp3) is 0.308. The normalized spacial score (nSPS) is 12.9. The van der Waals surface area contributed by atoms with Crippen molar-refractivity contribution < 1.29 is 35.9 Å². The van der Waals surface area contributed by atoms with Gasteiger partial charge in [0.05, 0.1) is 0 Å². The number of nitrogens with zero attached hydrogens (tertiary/aromatic N) is 1. The lowest BCUT2D eigenvalue weighted by Gasteiger charge is -2.23. The van der Waals surface area contributed by atoms with E-state index in [-0.39, 0.29) is 5.69 Å². The Labute approximate surface area is 133 Å². The van der Waals surface area contributed by atoms with Gasteiger partial charge in [-0.1, -0.05) is 22.0 Å². The molecule has 0 radical (unpaired) electrons. The number of halogens is 7. The number of rotatable bonds is 1. The molecule has 126 valence electrons. The maximum atomic E-state index is 12.4. The van der Waals surface area contributed by atoms with Crippen LogP contribution in [-0.2, 0) is 4.74 Å². The molecule has 0 N–H and O–H groups in total. The second kappa shape index (κ2) is 5.73. The number of aryl methyl sites for hydroxylation is 1. The Balaban J connectivity index is 2.39. The molecule has 0 aliphatic heterocycles. The van der Waals surface area contributed by atoms with Crippen LogP contribution < -0.4 is 0 Å². The van der Waals surface area contributed by atoms with Gasteiger partial charge in [0.25, 0.3) is 6.10 Å². The smallest absolute Gasteiger partial charge is 0.426 e. The van der Waals surface area contributed by atoms with Crippen molar-refractivity contribution in [3.63, 3.8) is 0 Å². The number of alkyl halides is 6. The molecule has 1 aromatic heterocycles. The van der Waals surface area contributed by atoms with Gasteiger partial charge in [-0.15, -0.1) is 0 Å². The summed E-state index contributed by atoms with van der Waals surface area (Å²) < 4.78 is 79.5. The molecule has 0 saturated heterocycles. The van der Waals surface area contributed by atoms with Gasteiger partial charge in [-0.05, 0) is 19.1 Å². The average molecular weight is 404 g/mol.